The van der Waals surface area contributed by atoms with Crippen molar-refractivity contribution < 1.29 is 9.90 Å². The molecule has 2 bridgehead atoms. The van der Waals surface area contributed by atoms with Gasteiger partial charge < -0.3 is 5.11 Å². The molecule has 13 heavy (non-hydrogen) atoms. The van der Waals surface area contributed by atoms with Gasteiger partial charge >= 0.3 is 5.97 Å². The highest BCUT2D eigenvalue weighted by atomic mass is 16.4. The molecule has 2 heteroatoms. The Kier molecular flexibility index (Phi) is 1.73. The molecular formula is C11H18O2. The van der Waals surface area contributed by atoms with Crippen molar-refractivity contribution in [3.8, 4) is 0 Å². The molecule has 3 aliphatic carbocycles. The lowest BCUT2D eigenvalue weighted by Gasteiger charge is -2.61. The van der Waals surface area contributed by atoms with Crippen molar-refractivity contribution in [1.82, 2.24) is 0 Å². The van der Waals surface area contributed by atoms with E-state index in [9.17, 15) is 4.79 Å². The van der Waals surface area contributed by atoms with Gasteiger partial charge in [-0.2, -0.15) is 0 Å². The van der Waals surface area contributed by atoms with Crippen molar-refractivity contribution in [2.75, 3.05) is 0 Å². The molecule has 1 N–H and O–H groups in total. The van der Waals surface area contributed by atoms with Crippen LogP contribution in [0.15, 0.2) is 0 Å². The maximum atomic E-state index is 10.9. The van der Waals surface area contributed by atoms with Crippen LogP contribution in [0.3, 0.4) is 0 Å². The molecule has 3 fully saturated rings. The highest BCUT2D eigenvalue weighted by molar-refractivity contribution is 5.70. The van der Waals surface area contributed by atoms with E-state index in [0.717, 1.165) is 6.42 Å². The molecule has 0 aromatic rings. The van der Waals surface area contributed by atoms with Gasteiger partial charge in [-0.1, -0.05) is 20.8 Å². The topological polar surface area (TPSA) is 37.3 Å². The third kappa shape index (κ3) is 1.04. The second-order valence-corrected chi connectivity index (χ2v) is 5.40. The van der Waals surface area contributed by atoms with Crippen LogP contribution in [0.1, 0.15) is 33.6 Å². The predicted molar refractivity (Wildman–Crippen MR) is 50.3 cm³/mol. The molecule has 3 aliphatic rings. The Balaban J connectivity index is 2.16. The lowest BCUT2D eigenvalue weighted by molar-refractivity contribution is -0.167. The number of aliphatic carboxylic acids is 1. The van der Waals surface area contributed by atoms with E-state index in [2.05, 4.69) is 20.8 Å². The summed E-state index contributed by atoms with van der Waals surface area (Å²) >= 11 is 0. The minimum Gasteiger partial charge on any atom is -0.481 e. The zero-order valence-electron chi connectivity index (χ0n) is 8.58. The highest BCUT2D eigenvalue weighted by Crippen LogP contribution is 2.62. The number of hydrogen-bond acceptors (Lipinski definition) is 1. The van der Waals surface area contributed by atoms with Crippen LogP contribution in [-0.2, 0) is 4.79 Å². The number of carbonyl (C=O) groups is 1. The van der Waals surface area contributed by atoms with Crippen LogP contribution in [0.4, 0.5) is 0 Å². The van der Waals surface area contributed by atoms with Gasteiger partial charge in [0.15, 0.2) is 0 Å². The largest absolute Gasteiger partial charge is 0.481 e. The summed E-state index contributed by atoms with van der Waals surface area (Å²) in [6.45, 7) is 6.70. The van der Waals surface area contributed by atoms with Gasteiger partial charge in [0.2, 0.25) is 0 Å². The first-order valence-electron chi connectivity index (χ1n) is 5.17. The second kappa shape index (κ2) is 2.49. The standard InChI is InChI=1S/C11H18O2/c1-6-8(10(12)13)4-7-5-9(6)11(7,2)3/h6-9H,4-5H2,1-3H3,(H,12,13)/t6-,7+,8+,9-/m1/s1. The summed E-state index contributed by atoms with van der Waals surface area (Å²) in [5.41, 5.74) is 0.408. The Morgan fingerprint density at radius 2 is 2.00 bits per heavy atom. The van der Waals surface area contributed by atoms with Crippen molar-refractivity contribution >= 4 is 5.97 Å². The first-order chi connectivity index (χ1) is 5.94. The molecule has 3 rings (SSSR count). The van der Waals surface area contributed by atoms with Gasteiger partial charge in [0.05, 0.1) is 5.92 Å². The Hall–Kier alpha value is -0.530. The monoisotopic (exact) mass is 182 g/mol. The van der Waals surface area contributed by atoms with E-state index >= 15 is 0 Å². The summed E-state index contributed by atoms with van der Waals surface area (Å²) in [7, 11) is 0. The first-order valence-corrected chi connectivity index (χ1v) is 5.17. The van der Waals surface area contributed by atoms with E-state index in [0.29, 0.717) is 23.2 Å². The quantitative estimate of drug-likeness (QED) is 0.676. The summed E-state index contributed by atoms with van der Waals surface area (Å²) in [6.07, 6.45) is 2.16. The lowest BCUT2D eigenvalue weighted by atomic mass is 9.43. The van der Waals surface area contributed by atoms with E-state index in [-0.39, 0.29) is 5.92 Å². The highest BCUT2D eigenvalue weighted by Gasteiger charge is 2.57. The Bertz CT molecular complexity index is 244. The molecule has 0 radical (unpaired) electrons. The van der Waals surface area contributed by atoms with Crippen LogP contribution in [-0.4, -0.2) is 11.1 Å². The Labute approximate surface area is 79.3 Å². The summed E-state index contributed by atoms with van der Waals surface area (Å²) in [5, 5.41) is 9.02. The van der Waals surface area contributed by atoms with E-state index in [1.807, 2.05) is 0 Å². The van der Waals surface area contributed by atoms with E-state index in [1.54, 1.807) is 0 Å². The van der Waals surface area contributed by atoms with Gasteiger partial charge in [-0.05, 0) is 36.0 Å². The average molecular weight is 182 g/mol. The summed E-state index contributed by atoms with van der Waals surface area (Å²) < 4.78 is 0. The fourth-order valence-corrected chi connectivity index (χ4v) is 3.48. The van der Waals surface area contributed by atoms with Crippen molar-refractivity contribution in [1.29, 1.82) is 0 Å². The molecule has 0 aromatic heterocycles. The molecule has 74 valence electrons. The molecule has 0 aromatic carbocycles. The average Bonchev–Trinajstić information content (AvgIpc) is 2.02. The number of carboxylic acids is 1. The minimum absolute atomic E-state index is 0.0724. The SMILES string of the molecule is C[C@@H]1[C@@H](C(=O)O)C[C@H]2C[C@H]1C2(C)C. The minimum atomic E-state index is -0.585. The van der Waals surface area contributed by atoms with Crippen LogP contribution < -0.4 is 0 Å². The molecule has 0 aliphatic heterocycles. The fraction of sp³-hybridized carbons (Fsp3) is 0.909. The van der Waals surface area contributed by atoms with Crippen molar-refractivity contribution in [2.24, 2.45) is 29.1 Å². The Morgan fingerprint density at radius 3 is 2.38 bits per heavy atom. The molecule has 0 saturated heterocycles. The van der Waals surface area contributed by atoms with Crippen LogP contribution in [0.5, 0.6) is 0 Å². The van der Waals surface area contributed by atoms with Gasteiger partial charge in [-0.25, -0.2) is 0 Å². The third-order valence-electron chi connectivity index (χ3n) is 4.67. The van der Waals surface area contributed by atoms with Crippen molar-refractivity contribution in [2.45, 2.75) is 33.6 Å². The summed E-state index contributed by atoms with van der Waals surface area (Å²) in [5.74, 6) is 1.02. The van der Waals surface area contributed by atoms with Crippen LogP contribution in [0.25, 0.3) is 0 Å². The van der Waals surface area contributed by atoms with E-state index in [4.69, 9.17) is 5.11 Å². The molecule has 4 atom stereocenters. The van der Waals surface area contributed by atoms with Gasteiger partial charge in [-0.15, -0.1) is 0 Å². The zero-order chi connectivity index (χ0) is 9.80. The van der Waals surface area contributed by atoms with Gasteiger partial charge in [0.1, 0.15) is 0 Å². The number of carboxylic acid groups (broad SMARTS) is 1. The zero-order valence-corrected chi connectivity index (χ0v) is 8.58. The van der Waals surface area contributed by atoms with Crippen molar-refractivity contribution in [3.63, 3.8) is 0 Å². The van der Waals surface area contributed by atoms with Crippen LogP contribution in [0.2, 0.25) is 0 Å². The van der Waals surface area contributed by atoms with Gasteiger partial charge in [0.25, 0.3) is 0 Å². The smallest absolute Gasteiger partial charge is 0.306 e. The van der Waals surface area contributed by atoms with E-state index < -0.39 is 5.97 Å². The maximum absolute atomic E-state index is 10.9. The molecule has 3 saturated carbocycles. The molecule has 0 heterocycles. The second-order valence-electron chi connectivity index (χ2n) is 5.40. The third-order valence-corrected chi connectivity index (χ3v) is 4.67. The Morgan fingerprint density at radius 1 is 1.38 bits per heavy atom. The normalized spacial score (nSPS) is 46.7. The van der Waals surface area contributed by atoms with Crippen LogP contribution in [0, 0.1) is 29.1 Å². The van der Waals surface area contributed by atoms with Gasteiger partial charge in [-0.3, -0.25) is 4.79 Å². The fourth-order valence-electron chi connectivity index (χ4n) is 3.48. The van der Waals surface area contributed by atoms with E-state index in [1.165, 1.54) is 6.42 Å². The molecule has 0 spiro atoms. The first kappa shape index (κ1) is 9.04. The molecule has 0 unspecified atom stereocenters. The molecule has 2 nitrogen and oxygen atoms in total. The number of fused-ring (bicyclic) bond motifs is 2. The number of hydrogen-bond donors (Lipinski definition) is 1. The predicted octanol–water partition coefficient (Wildman–Crippen LogP) is 2.39. The van der Waals surface area contributed by atoms with Crippen LogP contribution >= 0.6 is 0 Å². The molecular weight excluding hydrogens is 164 g/mol. The molecule has 0 amide bonds. The number of rotatable bonds is 1. The summed E-state index contributed by atoms with van der Waals surface area (Å²) in [4.78, 5) is 10.9. The lowest BCUT2D eigenvalue weighted by Crippen LogP contribution is -2.56. The van der Waals surface area contributed by atoms with Gasteiger partial charge in [0, 0.05) is 0 Å². The summed E-state index contributed by atoms with van der Waals surface area (Å²) in [6, 6.07) is 0. The maximum Gasteiger partial charge on any atom is 0.306 e. The van der Waals surface area contributed by atoms with Crippen molar-refractivity contribution in [3.05, 3.63) is 0 Å².